The number of carbonyl (C=O) groups is 1. The minimum atomic E-state index is -0.486. The van der Waals surface area contributed by atoms with Crippen molar-refractivity contribution in [2.45, 2.75) is 6.42 Å². The number of nitro groups is 1. The summed E-state index contributed by atoms with van der Waals surface area (Å²) in [6.07, 6.45) is -0.111. The van der Waals surface area contributed by atoms with Crippen LogP contribution in [0.4, 0.5) is 5.69 Å². The Balaban J connectivity index is 1.99. The van der Waals surface area contributed by atoms with Crippen LogP contribution in [0.2, 0.25) is 0 Å². The number of rotatable bonds is 4. The normalized spacial score (nSPS) is 10.8. The standard InChI is InChI=1S/C13H10N4O5/c1-21-11(18)6-10-15-13(22-16-10)8-5-7-3-2-4-9(17(19)20)12(7)14-8/h2-5,14H,6H2,1H3. The zero-order chi connectivity index (χ0) is 15.7. The number of esters is 1. The number of nitrogens with one attached hydrogen (secondary N) is 1. The highest BCUT2D eigenvalue weighted by Crippen LogP contribution is 2.29. The molecule has 22 heavy (non-hydrogen) atoms. The van der Waals surface area contributed by atoms with Crippen molar-refractivity contribution in [1.82, 2.24) is 15.1 Å². The number of methoxy groups -OCH3 is 1. The summed E-state index contributed by atoms with van der Waals surface area (Å²) in [5, 5.41) is 15.3. The molecule has 0 aliphatic carbocycles. The molecule has 0 atom stereocenters. The quantitative estimate of drug-likeness (QED) is 0.443. The molecule has 9 heteroatoms. The average Bonchev–Trinajstić information content (AvgIpc) is 3.12. The predicted octanol–water partition coefficient (Wildman–Crippen LogP) is 1.84. The third-order valence-electron chi connectivity index (χ3n) is 3.06. The van der Waals surface area contributed by atoms with Crippen LogP contribution in [0.3, 0.4) is 0 Å². The summed E-state index contributed by atoms with van der Waals surface area (Å²) in [5.74, 6) is -0.168. The molecule has 3 rings (SSSR count). The number of nitro benzene ring substituents is 1. The summed E-state index contributed by atoms with van der Waals surface area (Å²) >= 11 is 0. The van der Waals surface area contributed by atoms with Crippen molar-refractivity contribution in [3.8, 4) is 11.6 Å². The first-order valence-corrected chi connectivity index (χ1v) is 6.24. The van der Waals surface area contributed by atoms with E-state index in [2.05, 4.69) is 19.9 Å². The molecule has 0 saturated carbocycles. The van der Waals surface area contributed by atoms with Crippen LogP contribution in [0.1, 0.15) is 5.82 Å². The van der Waals surface area contributed by atoms with E-state index in [9.17, 15) is 14.9 Å². The van der Waals surface area contributed by atoms with E-state index >= 15 is 0 Å². The molecule has 0 saturated heterocycles. The van der Waals surface area contributed by atoms with Gasteiger partial charge in [0.25, 0.3) is 11.6 Å². The molecule has 2 heterocycles. The Kier molecular flexibility index (Phi) is 3.30. The third-order valence-corrected chi connectivity index (χ3v) is 3.06. The van der Waals surface area contributed by atoms with Gasteiger partial charge in [0.1, 0.15) is 17.6 Å². The fourth-order valence-corrected chi connectivity index (χ4v) is 2.04. The Bertz CT molecular complexity index is 866. The minimum Gasteiger partial charge on any atom is -0.469 e. The van der Waals surface area contributed by atoms with Crippen LogP contribution in [-0.2, 0) is 16.0 Å². The van der Waals surface area contributed by atoms with Crippen molar-refractivity contribution in [2.75, 3.05) is 7.11 Å². The maximum Gasteiger partial charge on any atom is 0.313 e. The molecule has 3 aromatic rings. The molecule has 9 nitrogen and oxygen atoms in total. The van der Waals surface area contributed by atoms with Crippen LogP contribution in [0.5, 0.6) is 0 Å². The summed E-state index contributed by atoms with van der Waals surface area (Å²) in [5.41, 5.74) is 0.765. The number of benzene rings is 1. The minimum absolute atomic E-state index is 0.0435. The van der Waals surface area contributed by atoms with Gasteiger partial charge in [0.05, 0.1) is 12.0 Å². The lowest BCUT2D eigenvalue weighted by Gasteiger charge is -1.92. The topological polar surface area (TPSA) is 124 Å². The lowest BCUT2D eigenvalue weighted by molar-refractivity contribution is -0.383. The number of hydrogen-bond acceptors (Lipinski definition) is 7. The molecule has 2 aromatic heterocycles. The van der Waals surface area contributed by atoms with Gasteiger partial charge in [0.15, 0.2) is 5.82 Å². The molecule has 112 valence electrons. The van der Waals surface area contributed by atoms with E-state index < -0.39 is 10.9 Å². The van der Waals surface area contributed by atoms with Crippen LogP contribution < -0.4 is 0 Å². The molecular weight excluding hydrogens is 292 g/mol. The number of hydrogen-bond donors (Lipinski definition) is 1. The monoisotopic (exact) mass is 302 g/mol. The lowest BCUT2D eigenvalue weighted by Crippen LogP contribution is -2.05. The maximum atomic E-state index is 11.2. The fraction of sp³-hybridized carbons (Fsp3) is 0.154. The Hall–Kier alpha value is -3.23. The second-order valence-corrected chi connectivity index (χ2v) is 4.45. The van der Waals surface area contributed by atoms with Crippen LogP contribution in [0, 0.1) is 10.1 Å². The zero-order valence-corrected chi connectivity index (χ0v) is 11.4. The highest BCUT2D eigenvalue weighted by atomic mass is 16.6. The molecule has 0 aliphatic heterocycles. The summed E-state index contributed by atoms with van der Waals surface area (Å²) < 4.78 is 9.57. The fourth-order valence-electron chi connectivity index (χ4n) is 2.04. The van der Waals surface area contributed by atoms with Gasteiger partial charge in [-0.15, -0.1) is 0 Å². The number of non-ortho nitro benzene ring substituents is 1. The van der Waals surface area contributed by atoms with Gasteiger partial charge in [-0.2, -0.15) is 4.98 Å². The van der Waals surface area contributed by atoms with E-state index in [0.29, 0.717) is 16.6 Å². The number of nitrogens with zero attached hydrogens (tertiary/aromatic N) is 3. The summed E-state index contributed by atoms with van der Waals surface area (Å²) in [6, 6.07) is 6.39. The molecule has 1 N–H and O–H groups in total. The van der Waals surface area contributed by atoms with Crippen molar-refractivity contribution in [3.05, 3.63) is 40.2 Å². The molecule has 0 radical (unpaired) electrons. The maximum absolute atomic E-state index is 11.2. The molecule has 0 unspecified atom stereocenters. The molecule has 0 amide bonds. The Morgan fingerprint density at radius 1 is 1.50 bits per heavy atom. The van der Waals surface area contributed by atoms with Crippen molar-refractivity contribution >= 4 is 22.6 Å². The molecule has 0 bridgehead atoms. The zero-order valence-electron chi connectivity index (χ0n) is 11.4. The van der Waals surface area contributed by atoms with Crippen LogP contribution in [0.15, 0.2) is 28.8 Å². The van der Waals surface area contributed by atoms with Gasteiger partial charge in [0.2, 0.25) is 0 Å². The smallest absolute Gasteiger partial charge is 0.313 e. The Morgan fingerprint density at radius 3 is 3.05 bits per heavy atom. The number of H-pyrrole nitrogens is 1. The molecule has 0 fully saturated rings. The highest BCUT2D eigenvalue weighted by molar-refractivity contribution is 5.91. The Morgan fingerprint density at radius 2 is 2.32 bits per heavy atom. The van der Waals surface area contributed by atoms with E-state index in [0.717, 1.165) is 0 Å². The van der Waals surface area contributed by atoms with Crippen molar-refractivity contribution in [1.29, 1.82) is 0 Å². The summed E-state index contributed by atoms with van der Waals surface area (Å²) in [6.45, 7) is 0. The lowest BCUT2D eigenvalue weighted by atomic mass is 10.2. The Labute approximate surface area is 123 Å². The molecule has 0 aliphatic rings. The molecular formula is C13H10N4O5. The van der Waals surface area contributed by atoms with Crippen molar-refractivity contribution in [3.63, 3.8) is 0 Å². The van der Waals surface area contributed by atoms with Gasteiger partial charge in [-0.3, -0.25) is 14.9 Å². The van der Waals surface area contributed by atoms with Crippen LogP contribution >= 0.6 is 0 Å². The third kappa shape index (κ3) is 2.39. The number of ether oxygens (including phenoxy) is 1. The van der Waals surface area contributed by atoms with E-state index in [-0.39, 0.29) is 23.8 Å². The van der Waals surface area contributed by atoms with Crippen molar-refractivity contribution in [2.24, 2.45) is 0 Å². The highest BCUT2D eigenvalue weighted by Gasteiger charge is 2.18. The first-order valence-electron chi connectivity index (χ1n) is 6.24. The second-order valence-electron chi connectivity index (χ2n) is 4.45. The van der Waals surface area contributed by atoms with Gasteiger partial charge in [-0.25, -0.2) is 0 Å². The first-order chi connectivity index (χ1) is 10.6. The van der Waals surface area contributed by atoms with Crippen LogP contribution in [-0.4, -0.2) is 33.1 Å². The van der Waals surface area contributed by atoms with Gasteiger partial charge in [0, 0.05) is 11.5 Å². The molecule has 0 spiro atoms. The largest absolute Gasteiger partial charge is 0.469 e. The number of para-hydroxylation sites is 1. The number of carbonyl (C=O) groups excluding carboxylic acids is 1. The van der Waals surface area contributed by atoms with Gasteiger partial charge >= 0.3 is 5.97 Å². The first kappa shape index (κ1) is 13.7. The number of aromatic nitrogens is 3. The number of fused-ring (bicyclic) bond motifs is 1. The molecule has 1 aromatic carbocycles. The van der Waals surface area contributed by atoms with E-state index in [1.807, 2.05) is 0 Å². The summed E-state index contributed by atoms with van der Waals surface area (Å²) in [4.78, 5) is 28.6. The van der Waals surface area contributed by atoms with E-state index in [4.69, 9.17) is 4.52 Å². The average molecular weight is 302 g/mol. The van der Waals surface area contributed by atoms with E-state index in [1.54, 1.807) is 18.2 Å². The van der Waals surface area contributed by atoms with E-state index in [1.165, 1.54) is 13.2 Å². The van der Waals surface area contributed by atoms with Gasteiger partial charge in [-0.05, 0) is 6.07 Å². The van der Waals surface area contributed by atoms with Crippen LogP contribution in [0.25, 0.3) is 22.5 Å². The SMILES string of the molecule is COC(=O)Cc1noc(-c2cc3cccc([N+](=O)[O-])c3[nH]2)n1. The number of aromatic amines is 1. The van der Waals surface area contributed by atoms with Crippen molar-refractivity contribution < 1.29 is 19.0 Å². The predicted molar refractivity (Wildman–Crippen MR) is 74.0 cm³/mol. The van der Waals surface area contributed by atoms with Gasteiger partial charge < -0.3 is 14.2 Å². The second kappa shape index (κ2) is 5.28. The summed E-state index contributed by atoms with van der Waals surface area (Å²) in [7, 11) is 1.26. The van der Waals surface area contributed by atoms with Gasteiger partial charge in [-0.1, -0.05) is 17.3 Å².